The van der Waals surface area contributed by atoms with Gasteiger partial charge in [-0.15, -0.1) is 11.3 Å². The van der Waals surface area contributed by atoms with Gasteiger partial charge in [-0.3, -0.25) is 4.40 Å². The van der Waals surface area contributed by atoms with Gasteiger partial charge in [-0.25, -0.2) is 4.98 Å². The monoisotopic (exact) mass is 395 g/mol. The Hall–Kier alpha value is -0.460. The predicted molar refractivity (Wildman–Crippen MR) is 85.6 cm³/mol. The van der Waals surface area contributed by atoms with Gasteiger partial charge in [0, 0.05) is 10.7 Å². The molecule has 3 rings (SSSR count). The molecule has 3 aromatic rings. The van der Waals surface area contributed by atoms with Crippen LogP contribution in [0.5, 0.6) is 0 Å². The molecule has 0 aromatic carbocycles. The third kappa shape index (κ3) is 2.23. The SMILES string of the molecule is Nc1c(-c2cc(Br)c(Cl)s2)nc2c(Cl)cc(Cl)cn12. The van der Waals surface area contributed by atoms with Crippen molar-refractivity contribution in [3.05, 3.63) is 37.2 Å². The highest BCUT2D eigenvalue weighted by Crippen LogP contribution is 2.40. The maximum absolute atomic E-state index is 6.12. The third-order valence-corrected chi connectivity index (χ3v) is 5.52. The van der Waals surface area contributed by atoms with Crippen LogP contribution in [-0.2, 0) is 0 Å². The molecule has 0 spiro atoms. The summed E-state index contributed by atoms with van der Waals surface area (Å²) in [6.07, 6.45) is 1.68. The summed E-state index contributed by atoms with van der Waals surface area (Å²) < 4.78 is 3.13. The van der Waals surface area contributed by atoms with E-state index >= 15 is 0 Å². The number of thiophene rings is 1. The highest BCUT2D eigenvalue weighted by molar-refractivity contribution is 9.10. The fourth-order valence-electron chi connectivity index (χ4n) is 1.74. The van der Waals surface area contributed by atoms with Crippen molar-refractivity contribution in [3.63, 3.8) is 0 Å². The van der Waals surface area contributed by atoms with E-state index in [2.05, 4.69) is 20.9 Å². The number of aromatic nitrogens is 2. The number of hydrogen-bond donors (Lipinski definition) is 1. The van der Waals surface area contributed by atoms with Crippen LogP contribution in [0.25, 0.3) is 16.2 Å². The van der Waals surface area contributed by atoms with Crippen LogP contribution in [-0.4, -0.2) is 9.38 Å². The zero-order valence-electron chi connectivity index (χ0n) is 9.12. The molecule has 0 aliphatic heterocycles. The van der Waals surface area contributed by atoms with Crippen molar-refractivity contribution in [2.45, 2.75) is 0 Å². The first kappa shape index (κ1) is 13.5. The van der Waals surface area contributed by atoms with E-state index in [4.69, 9.17) is 40.5 Å². The molecule has 3 aromatic heterocycles. The van der Waals surface area contributed by atoms with Crippen LogP contribution in [0.1, 0.15) is 0 Å². The smallest absolute Gasteiger partial charge is 0.158 e. The lowest BCUT2D eigenvalue weighted by Gasteiger charge is -1.99. The second-order valence-corrected chi connectivity index (χ2v) is 7.13. The minimum Gasteiger partial charge on any atom is -0.383 e. The van der Waals surface area contributed by atoms with Crippen molar-refractivity contribution in [2.75, 3.05) is 5.73 Å². The van der Waals surface area contributed by atoms with E-state index in [0.29, 0.717) is 31.5 Å². The summed E-state index contributed by atoms with van der Waals surface area (Å²) in [6, 6.07) is 3.51. The number of halogens is 4. The molecule has 0 aliphatic carbocycles. The molecule has 0 saturated carbocycles. The molecule has 2 N–H and O–H groups in total. The van der Waals surface area contributed by atoms with Crippen molar-refractivity contribution in [3.8, 4) is 10.6 Å². The van der Waals surface area contributed by atoms with Gasteiger partial charge in [0.25, 0.3) is 0 Å². The van der Waals surface area contributed by atoms with Gasteiger partial charge in [0.2, 0.25) is 0 Å². The standard InChI is InChI=1S/C11H5BrCl3N3S/c12-5-2-7(19-9(5)15)8-10(16)18-3-4(13)1-6(14)11(18)17-8/h1-3H,16H2. The number of imidazole rings is 1. The molecule has 19 heavy (non-hydrogen) atoms. The number of nitrogen functional groups attached to an aromatic ring is 1. The molecule has 0 amide bonds. The Balaban J connectivity index is 2.31. The first-order valence-corrected chi connectivity index (χ1v) is 7.79. The summed E-state index contributed by atoms with van der Waals surface area (Å²) in [5, 5.41) is 0.950. The fourth-order valence-corrected chi connectivity index (χ4v) is 3.95. The van der Waals surface area contributed by atoms with E-state index in [1.165, 1.54) is 11.3 Å². The molecular weight excluding hydrogens is 392 g/mol. The lowest BCUT2D eigenvalue weighted by molar-refractivity contribution is 1.20. The van der Waals surface area contributed by atoms with Gasteiger partial charge in [0.1, 0.15) is 15.8 Å². The Bertz CT molecular complexity index is 777. The average Bonchev–Trinajstić information content (AvgIpc) is 2.82. The lowest BCUT2D eigenvalue weighted by atomic mass is 10.3. The number of hydrogen-bond acceptors (Lipinski definition) is 3. The quantitative estimate of drug-likeness (QED) is 0.600. The molecule has 8 heteroatoms. The lowest BCUT2D eigenvalue weighted by Crippen LogP contribution is -1.93. The Morgan fingerprint density at radius 3 is 2.63 bits per heavy atom. The van der Waals surface area contributed by atoms with Crippen LogP contribution >= 0.6 is 62.1 Å². The Kier molecular flexibility index (Phi) is 3.43. The topological polar surface area (TPSA) is 43.3 Å². The van der Waals surface area contributed by atoms with Crippen molar-refractivity contribution >= 4 is 73.5 Å². The number of rotatable bonds is 1. The van der Waals surface area contributed by atoms with Crippen molar-refractivity contribution in [2.24, 2.45) is 0 Å². The van der Waals surface area contributed by atoms with Crippen molar-refractivity contribution < 1.29 is 0 Å². The van der Waals surface area contributed by atoms with Crippen LogP contribution in [0, 0.1) is 0 Å². The van der Waals surface area contributed by atoms with Crippen molar-refractivity contribution in [1.29, 1.82) is 0 Å². The molecule has 0 radical (unpaired) electrons. The first-order valence-electron chi connectivity index (χ1n) is 5.05. The molecule has 0 saturated heterocycles. The summed E-state index contributed by atoms with van der Waals surface area (Å²) in [7, 11) is 0. The molecule has 0 aliphatic rings. The summed E-state index contributed by atoms with van der Waals surface area (Å²) in [6.45, 7) is 0. The average molecular weight is 398 g/mol. The second kappa shape index (κ2) is 4.82. The van der Waals surface area contributed by atoms with Gasteiger partial charge in [-0.1, -0.05) is 34.8 Å². The van der Waals surface area contributed by atoms with Gasteiger partial charge in [-0.2, -0.15) is 0 Å². The molecule has 0 atom stereocenters. The van der Waals surface area contributed by atoms with Gasteiger partial charge < -0.3 is 5.73 Å². The molecule has 0 unspecified atom stereocenters. The Labute approximate surface area is 136 Å². The van der Waals surface area contributed by atoms with Crippen LogP contribution in [0.2, 0.25) is 14.4 Å². The zero-order chi connectivity index (χ0) is 13.7. The Morgan fingerprint density at radius 2 is 2.00 bits per heavy atom. The summed E-state index contributed by atoms with van der Waals surface area (Å²) in [5.41, 5.74) is 7.31. The van der Waals surface area contributed by atoms with E-state index in [1.807, 2.05) is 6.07 Å². The van der Waals surface area contributed by atoms with Crippen LogP contribution in [0.3, 0.4) is 0 Å². The second-order valence-electron chi connectivity index (χ2n) is 3.78. The van der Waals surface area contributed by atoms with E-state index < -0.39 is 0 Å². The number of fused-ring (bicyclic) bond motifs is 1. The van der Waals surface area contributed by atoms with Crippen LogP contribution in [0.15, 0.2) is 22.8 Å². The van der Waals surface area contributed by atoms with E-state index in [-0.39, 0.29) is 0 Å². The summed E-state index contributed by atoms with van der Waals surface area (Å²) in [5.74, 6) is 0.477. The highest BCUT2D eigenvalue weighted by Gasteiger charge is 2.17. The molecule has 98 valence electrons. The van der Waals surface area contributed by atoms with Gasteiger partial charge in [0.05, 0.1) is 14.9 Å². The molecule has 3 nitrogen and oxygen atoms in total. The first-order chi connectivity index (χ1) is 8.97. The number of nitrogens with zero attached hydrogens (tertiary/aromatic N) is 2. The third-order valence-electron chi connectivity index (χ3n) is 2.56. The van der Waals surface area contributed by atoms with E-state index in [9.17, 15) is 0 Å². The molecule has 3 heterocycles. The zero-order valence-corrected chi connectivity index (χ0v) is 13.8. The largest absolute Gasteiger partial charge is 0.383 e. The number of anilines is 1. The summed E-state index contributed by atoms with van der Waals surface area (Å²) >= 11 is 22.9. The van der Waals surface area contributed by atoms with E-state index in [0.717, 1.165) is 9.35 Å². The van der Waals surface area contributed by atoms with Crippen LogP contribution in [0.4, 0.5) is 5.82 Å². The molecule has 0 fully saturated rings. The summed E-state index contributed by atoms with van der Waals surface area (Å²) in [4.78, 5) is 5.32. The van der Waals surface area contributed by atoms with Crippen molar-refractivity contribution in [1.82, 2.24) is 9.38 Å². The molecule has 0 bridgehead atoms. The molecular formula is C11H5BrCl3N3S. The van der Waals surface area contributed by atoms with Gasteiger partial charge in [-0.05, 0) is 28.1 Å². The van der Waals surface area contributed by atoms with E-state index in [1.54, 1.807) is 16.7 Å². The minimum absolute atomic E-state index is 0.451. The minimum atomic E-state index is 0.451. The fraction of sp³-hybridized carbons (Fsp3) is 0. The van der Waals surface area contributed by atoms with Crippen LogP contribution < -0.4 is 5.73 Å². The van der Waals surface area contributed by atoms with Gasteiger partial charge in [0.15, 0.2) is 5.65 Å². The highest BCUT2D eigenvalue weighted by atomic mass is 79.9. The maximum atomic E-state index is 6.12. The predicted octanol–water partition coefficient (Wildman–Crippen LogP) is 5.37. The number of nitrogens with two attached hydrogens (primary N) is 1. The normalized spacial score (nSPS) is 11.4. The van der Waals surface area contributed by atoms with Gasteiger partial charge >= 0.3 is 0 Å². The Morgan fingerprint density at radius 1 is 1.26 bits per heavy atom. The maximum Gasteiger partial charge on any atom is 0.158 e. The number of pyridine rings is 1.